The first kappa shape index (κ1) is 14.3. The first-order chi connectivity index (χ1) is 10.6. The summed E-state index contributed by atoms with van der Waals surface area (Å²) in [6.07, 6.45) is 9.65. The van der Waals surface area contributed by atoms with Crippen molar-refractivity contribution in [1.29, 1.82) is 0 Å². The van der Waals surface area contributed by atoms with Crippen LogP contribution in [0.2, 0.25) is 0 Å². The van der Waals surface area contributed by atoms with Crippen molar-refractivity contribution < 1.29 is 4.79 Å². The summed E-state index contributed by atoms with van der Waals surface area (Å²) < 4.78 is 2.49. The number of pyridine rings is 1. The fourth-order valence-electron chi connectivity index (χ4n) is 1.84. The summed E-state index contributed by atoms with van der Waals surface area (Å²) in [6.45, 7) is 1.86. The lowest BCUT2D eigenvalue weighted by Crippen LogP contribution is -2.13. The van der Waals surface area contributed by atoms with E-state index in [2.05, 4.69) is 41.2 Å². The van der Waals surface area contributed by atoms with Crippen LogP contribution >= 0.6 is 15.9 Å². The Morgan fingerprint density at radius 1 is 1.18 bits per heavy atom. The standard InChI is InChI=1S/C14H11BrN6O/c1-9-17-2-3-21(9)14-18-7-12(8-19-14)20-13(22)10-4-11(15)6-16-5-10/h2-8H,1H3,(H,20,22). The molecular formula is C14H11BrN6O. The predicted molar refractivity (Wildman–Crippen MR) is 83.8 cm³/mol. The summed E-state index contributed by atoms with van der Waals surface area (Å²) in [5.41, 5.74) is 0.954. The smallest absolute Gasteiger partial charge is 0.257 e. The number of anilines is 1. The third kappa shape index (κ3) is 3.01. The number of imidazole rings is 1. The van der Waals surface area contributed by atoms with Gasteiger partial charge in [0.25, 0.3) is 5.91 Å². The summed E-state index contributed by atoms with van der Waals surface area (Å²) >= 11 is 3.28. The fraction of sp³-hybridized carbons (Fsp3) is 0.0714. The van der Waals surface area contributed by atoms with Crippen molar-refractivity contribution in [3.63, 3.8) is 0 Å². The number of nitrogens with one attached hydrogen (secondary N) is 1. The van der Waals surface area contributed by atoms with Crippen molar-refractivity contribution in [2.75, 3.05) is 5.32 Å². The highest BCUT2D eigenvalue weighted by Crippen LogP contribution is 2.12. The van der Waals surface area contributed by atoms with Crippen molar-refractivity contribution in [1.82, 2.24) is 24.5 Å². The summed E-state index contributed by atoms with van der Waals surface area (Å²) in [4.78, 5) is 28.6. The molecule has 0 aliphatic heterocycles. The number of aryl methyl sites for hydroxylation is 1. The third-order valence-electron chi connectivity index (χ3n) is 2.90. The van der Waals surface area contributed by atoms with Gasteiger partial charge in [0.1, 0.15) is 5.82 Å². The zero-order chi connectivity index (χ0) is 15.5. The average molecular weight is 359 g/mol. The quantitative estimate of drug-likeness (QED) is 0.776. The van der Waals surface area contributed by atoms with Gasteiger partial charge >= 0.3 is 0 Å². The second-order valence-corrected chi connectivity index (χ2v) is 5.38. The second-order valence-electron chi connectivity index (χ2n) is 4.46. The lowest BCUT2D eigenvalue weighted by atomic mass is 10.2. The molecule has 0 aromatic carbocycles. The van der Waals surface area contributed by atoms with E-state index in [1.54, 1.807) is 41.6 Å². The summed E-state index contributed by atoms with van der Waals surface area (Å²) in [7, 11) is 0. The van der Waals surface area contributed by atoms with Crippen molar-refractivity contribution in [3.8, 4) is 5.95 Å². The summed E-state index contributed by atoms with van der Waals surface area (Å²) in [5.74, 6) is 1.01. The van der Waals surface area contributed by atoms with Crippen molar-refractivity contribution in [3.05, 3.63) is 59.1 Å². The molecule has 0 radical (unpaired) electrons. The number of halogens is 1. The first-order valence-electron chi connectivity index (χ1n) is 6.38. The number of aromatic nitrogens is 5. The highest BCUT2D eigenvalue weighted by atomic mass is 79.9. The van der Waals surface area contributed by atoms with Crippen LogP contribution in [0.1, 0.15) is 16.2 Å². The Balaban J connectivity index is 1.76. The minimum absolute atomic E-state index is 0.274. The lowest BCUT2D eigenvalue weighted by Gasteiger charge is -2.06. The first-order valence-corrected chi connectivity index (χ1v) is 7.17. The Morgan fingerprint density at radius 2 is 1.95 bits per heavy atom. The molecule has 3 aromatic heterocycles. The van der Waals surface area contributed by atoms with E-state index in [1.165, 1.54) is 6.20 Å². The molecule has 3 aromatic rings. The van der Waals surface area contributed by atoms with Crippen LogP contribution < -0.4 is 5.32 Å². The molecule has 0 aliphatic rings. The molecule has 8 heteroatoms. The van der Waals surface area contributed by atoms with E-state index in [1.807, 2.05) is 6.92 Å². The van der Waals surface area contributed by atoms with Crippen LogP contribution in [0.25, 0.3) is 5.95 Å². The molecule has 22 heavy (non-hydrogen) atoms. The van der Waals surface area contributed by atoms with Crippen LogP contribution in [-0.2, 0) is 0 Å². The van der Waals surface area contributed by atoms with Gasteiger partial charge < -0.3 is 5.32 Å². The van der Waals surface area contributed by atoms with E-state index in [4.69, 9.17) is 0 Å². The van der Waals surface area contributed by atoms with Gasteiger partial charge in [-0.2, -0.15) is 0 Å². The molecule has 0 aliphatic carbocycles. The number of carbonyl (C=O) groups is 1. The van der Waals surface area contributed by atoms with E-state index in [9.17, 15) is 4.79 Å². The highest BCUT2D eigenvalue weighted by molar-refractivity contribution is 9.10. The summed E-state index contributed by atoms with van der Waals surface area (Å²) in [6, 6.07) is 1.69. The monoisotopic (exact) mass is 358 g/mol. The fourth-order valence-corrected chi connectivity index (χ4v) is 2.20. The topological polar surface area (TPSA) is 85.6 Å². The van der Waals surface area contributed by atoms with Gasteiger partial charge in [-0.3, -0.25) is 14.3 Å². The van der Waals surface area contributed by atoms with E-state index < -0.39 is 0 Å². The van der Waals surface area contributed by atoms with Crippen LogP contribution in [0, 0.1) is 6.92 Å². The zero-order valence-electron chi connectivity index (χ0n) is 11.6. The van der Waals surface area contributed by atoms with Crippen LogP contribution in [0.15, 0.2) is 47.7 Å². The van der Waals surface area contributed by atoms with Gasteiger partial charge in [-0.25, -0.2) is 15.0 Å². The molecule has 3 rings (SSSR count). The molecule has 0 saturated carbocycles. The van der Waals surface area contributed by atoms with E-state index in [-0.39, 0.29) is 5.91 Å². The van der Waals surface area contributed by atoms with E-state index in [0.717, 1.165) is 10.3 Å². The van der Waals surface area contributed by atoms with Crippen LogP contribution in [0.5, 0.6) is 0 Å². The molecule has 0 bridgehead atoms. The minimum Gasteiger partial charge on any atom is -0.319 e. The van der Waals surface area contributed by atoms with Gasteiger partial charge in [0, 0.05) is 29.3 Å². The van der Waals surface area contributed by atoms with E-state index in [0.29, 0.717) is 17.2 Å². The number of nitrogens with zero attached hydrogens (tertiary/aromatic N) is 5. The Bertz CT molecular complexity index is 814. The maximum atomic E-state index is 12.1. The van der Waals surface area contributed by atoms with Crippen molar-refractivity contribution in [2.24, 2.45) is 0 Å². The van der Waals surface area contributed by atoms with Gasteiger partial charge in [-0.05, 0) is 28.9 Å². The molecule has 1 amide bonds. The summed E-state index contributed by atoms with van der Waals surface area (Å²) in [5, 5.41) is 2.72. The number of hydrogen-bond donors (Lipinski definition) is 1. The van der Waals surface area contributed by atoms with Crippen molar-refractivity contribution in [2.45, 2.75) is 6.92 Å². The largest absolute Gasteiger partial charge is 0.319 e. The molecule has 3 heterocycles. The lowest BCUT2D eigenvalue weighted by molar-refractivity contribution is 0.102. The highest BCUT2D eigenvalue weighted by Gasteiger charge is 2.09. The maximum Gasteiger partial charge on any atom is 0.257 e. The molecule has 0 fully saturated rings. The molecule has 0 spiro atoms. The zero-order valence-corrected chi connectivity index (χ0v) is 13.1. The molecule has 110 valence electrons. The normalized spacial score (nSPS) is 10.5. The van der Waals surface area contributed by atoms with Gasteiger partial charge in [0.15, 0.2) is 0 Å². The van der Waals surface area contributed by atoms with Gasteiger partial charge in [-0.1, -0.05) is 0 Å². The molecule has 0 saturated heterocycles. The number of amides is 1. The Hall–Kier alpha value is -2.61. The number of rotatable bonds is 3. The molecule has 0 atom stereocenters. The van der Waals surface area contributed by atoms with Gasteiger partial charge in [0.2, 0.25) is 5.95 Å². The van der Waals surface area contributed by atoms with Gasteiger partial charge in [0.05, 0.1) is 23.6 Å². The molecule has 1 N–H and O–H groups in total. The SMILES string of the molecule is Cc1nccn1-c1ncc(NC(=O)c2cncc(Br)c2)cn1. The van der Waals surface area contributed by atoms with E-state index >= 15 is 0 Å². The third-order valence-corrected chi connectivity index (χ3v) is 3.34. The Morgan fingerprint density at radius 3 is 2.59 bits per heavy atom. The van der Waals surface area contributed by atoms with Crippen LogP contribution in [0.4, 0.5) is 5.69 Å². The van der Waals surface area contributed by atoms with Gasteiger partial charge in [-0.15, -0.1) is 0 Å². The second kappa shape index (κ2) is 6.02. The Kier molecular flexibility index (Phi) is 3.92. The number of hydrogen-bond acceptors (Lipinski definition) is 5. The molecular weight excluding hydrogens is 348 g/mol. The van der Waals surface area contributed by atoms with Crippen LogP contribution in [0.3, 0.4) is 0 Å². The van der Waals surface area contributed by atoms with Crippen LogP contribution in [-0.4, -0.2) is 30.4 Å². The Labute approximate surface area is 134 Å². The van der Waals surface area contributed by atoms with Crippen molar-refractivity contribution >= 4 is 27.5 Å². The minimum atomic E-state index is -0.274. The number of carbonyl (C=O) groups excluding carboxylic acids is 1. The maximum absolute atomic E-state index is 12.1. The average Bonchev–Trinajstić information content (AvgIpc) is 2.94. The molecule has 7 nitrogen and oxygen atoms in total. The predicted octanol–water partition coefficient (Wildman–Crippen LogP) is 2.38. The molecule has 0 unspecified atom stereocenters.